The predicted octanol–water partition coefficient (Wildman–Crippen LogP) is 5.43. The van der Waals surface area contributed by atoms with Gasteiger partial charge < -0.3 is 10.5 Å². The average molecular weight is 354 g/mol. The molecule has 0 unspecified atom stereocenters. The summed E-state index contributed by atoms with van der Waals surface area (Å²) in [6.45, 7) is 5.40. The van der Waals surface area contributed by atoms with Gasteiger partial charge in [-0.15, -0.1) is 12.4 Å². The lowest BCUT2D eigenvalue weighted by molar-refractivity contribution is 0.306. The largest absolute Gasteiger partial charge is 0.489 e. The smallest absolute Gasteiger partial charge is 0.120 e. The number of ether oxygens (including phenoxy) is 1. The van der Waals surface area contributed by atoms with Gasteiger partial charge in [-0.25, -0.2) is 0 Å². The van der Waals surface area contributed by atoms with Crippen molar-refractivity contribution >= 4 is 12.4 Å². The molecular formula is C22H24ClNO. The molecule has 0 aliphatic heterocycles. The zero-order valence-electron chi connectivity index (χ0n) is 14.7. The number of hydrogen-bond donors (Lipinski definition) is 1. The van der Waals surface area contributed by atoms with E-state index in [0.29, 0.717) is 13.2 Å². The van der Waals surface area contributed by atoms with Gasteiger partial charge in [0.2, 0.25) is 0 Å². The molecule has 3 rings (SSSR count). The first-order chi connectivity index (χ1) is 11.7. The Kier molecular flexibility index (Phi) is 6.63. The van der Waals surface area contributed by atoms with Crippen LogP contribution in [0, 0.1) is 13.8 Å². The Bertz CT molecular complexity index is 807. The van der Waals surface area contributed by atoms with E-state index < -0.39 is 0 Å². The van der Waals surface area contributed by atoms with Crippen molar-refractivity contribution in [2.45, 2.75) is 27.0 Å². The van der Waals surface area contributed by atoms with Crippen molar-refractivity contribution in [1.29, 1.82) is 0 Å². The molecule has 3 aromatic rings. The second-order valence-corrected chi connectivity index (χ2v) is 6.09. The van der Waals surface area contributed by atoms with Crippen molar-refractivity contribution in [2.75, 3.05) is 0 Å². The van der Waals surface area contributed by atoms with E-state index in [1.807, 2.05) is 30.3 Å². The van der Waals surface area contributed by atoms with E-state index in [1.54, 1.807) is 0 Å². The zero-order chi connectivity index (χ0) is 16.9. The molecule has 0 spiro atoms. The summed E-state index contributed by atoms with van der Waals surface area (Å²) in [6, 6.07) is 22.9. The molecule has 0 bridgehead atoms. The quantitative estimate of drug-likeness (QED) is 0.663. The highest BCUT2D eigenvalue weighted by Crippen LogP contribution is 2.28. The van der Waals surface area contributed by atoms with E-state index in [4.69, 9.17) is 10.5 Å². The number of nitrogens with two attached hydrogens (primary N) is 1. The maximum atomic E-state index is 5.94. The molecule has 0 aliphatic rings. The Balaban J connectivity index is 0.00000225. The topological polar surface area (TPSA) is 35.2 Å². The fourth-order valence-corrected chi connectivity index (χ4v) is 2.99. The summed E-state index contributed by atoms with van der Waals surface area (Å²) in [4.78, 5) is 0. The highest BCUT2D eigenvalue weighted by molar-refractivity contribution is 5.85. The summed E-state index contributed by atoms with van der Waals surface area (Å²) in [5.41, 5.74) is 13.1. The number of benzene rings is 3. The monoisotopic (exact) mass is 353 g/mol. The van der Waals surface area contributed by atoms with Crippen molar-refractivity contribution in [2.24, 2.45) is 5.73 Å². The lowest BCUT2D eigenvalue weighted by Crippen LogP contribution is -2.02. The van der Waals surface area contributed by atoms with Crippen LogP contribution in [0.3, 0.4) is 0 Å². The molecule has 25 heavy (non-hydrogen) atoms. The second-order valence-electron chi connectivity index (χ2n) is 6.09. The van der Waals surface area contributed by atoms with Crippen LogP contribution in [0.2, 0.25) is 0 Å². The lowest BCUT2D eigenvalue weighted by atomic mass is 9.95. The Hall–Kier alpha value is -2.29. The Morgan fingerprint density at radius 1 is 0.800 bits per heavy atom. The third-order valence-electron chi connectivity index (χ3n) is 4.32. The molecule has 0 radical (unpaired) electrons. The van der Waals surface area contributed by atoms with E-state index in [-0.39, 0.29) is 12.4 Å². The third-order valence-corrected chi connectivity index (χ3v) is 4.32. The van der Waals surface area contributed by atoms with E-state index in [1.165, 1.54) is 27.8 Å². The van der Waals surface area contributed by atoms with Crippen LogP contribution in [0.1, 0.15) is 22.3 Å². The number of aryl methyl sites for hydroxylation is 2. The average Bonchev–Trinajstić information content (AvgIpc) is 2.61. The normalized spacial score (nSPS) is 10.2. The van der Waals surface area contributed by atoms with Gasteiger partial charge in [0.25, 0.3) is 0 Å². The van der Waals surface area contributed by atoms with Crippen molar-refractivity contribution in [3.63, 3.8) is 0 Å². The Morgan fingerprint density at radius 3 is 2.12 bits per heavy atom. The molecule has 130 valence electrons. The van der Waals surface area contributed by atoms with Gasteiger partial charge in [0.05, 0.1) is 0 Å². The molecule has 0 saturated carbocycles. The van der Waals surface area contributed by atoms with Crippen LogP contribution in [0.4, 0.5) is 0 Å². The van der Waals surface area contributed by atoms with Crippen LogP contribution < -0.4 is 10.5 Å². The minimum atomic E-state index is 0. The molecule has 3 heteroatoms. The molecule has 0 saturated heterocycles. The molecule has 3 aromatic carbocycles. The Morgan fingerprint density at radius 2 is 1.48 bits per heavy atom. The lowest BCUT2D eigenvalue weighted by Gasteiger charge is -2.12. The SMILES string of the molecule is Cc1cc(-c2cccc(OCc3ccccc3)c2)cc(C)c1CN.Cl. The minimum Gasteiger partial charge on any atom is -0.489 e. The first kappa shape index (κ1) is 19.0. The molecular weight excluding hydrogens is 330 g/mol. The summed E-state index contributed by atoms with van der Waals surface area (Å²) in [5.74, 6) is 0.884. The van der Waals surface area contributed by atoms with Gasteiger partial charge >= 0.3 is 0 Å². The fraction of sp³-hybridized carbons (Fsp3) is 0.182. The number of hydrogen-bond acceptors (Lipinski definition) is 2. The van der Waals surface area contributed by atoms with Gasteiger partial charge in [0, 0.05) is 6.54 Å². The first-order valence-corrected chi connectivity index (χ1v) is 8.24. The summed E-state index contributed by atoms with van der Waals surface area (Å²) >= 11 is 0. The highest BCUT2D eigenvalue weighted by Gasteiger charge is 2.06. The van der Waals surface area contributed by atoms with Gasteiger partial charge in [0.1, 0.15) is 12.4 Å². The minimum absolute atomic E-state index is 0. The molecule has 0 amide bonds. The standard InChI is InChI=1S/C22H23NO.ClH/c1-16-11-20(12-17(2)22(16)14-23)19-9-6-10-21(13-19)24-15-18-7-4-3-5-8-18;/h3-13H,14-15,23H2,1-2H3;1H. The van der Waals surface area contributed by atoms with Crippen molar-refractivity contribution in [1.82, 2.24) is 0 Å². The van der Waals surface area contributed by atoms with Gasteiger partial charge in [-0.05, 0) is 59.4 Å². The van der Waals surface area contributed by atoms with Crippen LogP contribution >= 0.6 is 12.4 Å². The van der Waals surface area contributed by atoms with Crippen molar-refractivity contribution < 1.29 is 4.74 Å². The summed E-state index contributed by atoms with van der Waals surface area (Å²) in [5, 5.41) is 0. The van der Waals surface area contributed by atoms with Gasteiger partial charge in [-0.2, -0.15) is 0 Å². The van der Waals surface area contributed by atoms with Gasteiger partial charge in [-0.1, -0.05) is 54.6 Å². The Labute approximate surface area is 156 Å². The van der Waals surface area contributed by atoms with Crippen molar-refractivity contribution in [3.05, 3.63) is 89.0 Å². The number of rotatable bonds is 5. The first-order valence-electron chi connectivity index (χ1n) is 8.24. The van der Waals surface area contributed by atoms with E-state index >= 15 is 0 Å². The van der Waals surface area contributed by atoms with Crippen LogP contribution in [0.5, 0.6) is 5.75 Å². The van der Waals surface area contributed by atoms with E-state index in [2.05, 4.69) is 50.2 Å². The molecule has 0 atom stereocenters. The maximum absolute atomic E-state index is 5.94. The summed E-state index contributed by atoms with van der Waals surface area (Å²) < 4.78 is 5.94. The summed E-state index contributed by atoms with van der Waals surface area (Å²) in [7, 11) is 0. The van der Waals surface area contributed by atoms with Crippen LogP contribution in [0.15, 0.2) is 66.7 Å². The molecule has 2 N–H and O–H groups in total. The molecule has 0 fully saturated rings. The van der Waals surface area contributed by atoms with E-state index in [0.717, 1.165) is 11.3 Å². The fourth-order valence-electron chi connectivity index (χ4n) is 2.99. The number of halogens is 1. The van der Waals surface area contributed by atoms with Gasteiger partial charge in [-0.3, -0.25) is 0 Å². The van der Waals surface area contributed by atoms with Crippen LogP contribution in [-0.4, -0.2) is 0 Å². The maximum Gasteiger partial charge on any atom is 0.120 e. The predicted molar refractivity (Wildman–Crippen MR) is 107 cm³/mol. The zero-order valence-corrected chi connectivity index (χ0v) is 15.5. The van der Waals surface area contributed by atoms with Crippen molar-refractivity contribution in [3.8, 4) is 16.9 Å². The molecule has 0 heterocycles. The molecule has 2 nitrogen and oxygen atoms in total. The third kappa shape index (κ3) is 4.62. The second kappa shape index (κ2) is 8.70. The molecule has 0 aliphatic carbocycles. The van der Waals surface area contributed by atoms with Gasteiger partial charge in [0.15, 0.2) is 0 Å². The summed E-state index contributed by atoms with van der Waals surface area (Å²) in [6.07, 6.45) is 0. The van der Waals surface area contributed by atoms with Crippen LogP contribution in [-0.2, 0) is 13.2 Å². The molecule has 0 aromatic heterocycles. The van der Waals surface area contributed by atoms with Crippen LogP contribution in [0.25, 0.3) is 11.1 Å². The van der Waals surface area contributed by atoms with E-state index in [9.17, 15) is 0 Å². The highest BCUT2D eigenvalue weighted by atomic mass is 35.5.